The van der Waals surface area contributed by atoms with Gasteiger partial charge in [0.25, 0.3) is 0 Å². The molecular formula is C16H24BrNO. The van der Waals surface area contributed by atoms with E-state index in [0.29, 0.717) is 12.6 Å². The summed E-state index contributed by atoms with van der Waals surface area (Å²) >= 11 is 3.61. The molecule has 1 aromatic carbocycles. The fourth-order valence-electron chi connectivity index (χ4n) is 1.65. The standard InChI is InChI=1S/C16H24BrNO/c1-4-5-6-9-19-12-15-8-7-14(10-16(15)17)11-18-13(2)3/h4,7-8,10,13,18H,1,5-6,9,11-12H2,2-3H3. The molecule has 0 unspecified atom stereocenters. The SMILES string of the molecule is C=CCCCOCc1ccc(CNC(C)C)cc1Br. The van der Waals surface area contributed by atoms with Crippen molar-refractivity contribution in [3.8, 4) is 0 Å². The highest BCUT2D eigenvalue weighted by Crippen LogP contribution is 2.19. The molecule has 1 aromatic rings. The zero-order valence-electron chi connectivity index (χ0n) is 11.9. The van der Waals surface area contributed by atoms with Crippen LogP contribution in [-0.4, -0.2) is 12.6 Å². The van der Waals surface area contributed by atoms with E-state index in [4.69, 9.17) is 4.74 Å². The van der Waals surface area contributed by atoms with Crippen molar-refractivity contribution in [3.05, 3.63) is 46.5 Å². The average Bonchev–Trinajstić information content (AvgIpc) is 2.38. The third-order valence-electron chi connectivity index (χ3n) is 2.79. The first kappa shape index (κ1) is 16.4. The van der Waals surface area contributed by atoms with Crippen molar-refractivity contribution in [3.63, 3.8) is 0 Å². The molecule has 0 aliphatic heterocycles. The van der Waals surface area contributed by atoms with Crippen molar-refractivity contribution in [1.29, 1.82) is 0 Å². The molecule has 0 amide bonds. The molecule has 106 valence electrons. The molecule has 0 atom stereocenters. The maximum Gasteiger partial charge on any atom is 0.0727 e. The number of benzene rings is 1. The van der Waals surface area contributed by atoms with Crippen LogP contribution in [0.15, 0.2) is 35.3 Å². The van der Waals surface area contributed by atoms with E-state index < -0.39 is 0 Å². The summed E-state index contributed by atoms with van der Waals surface area (Å²) < 4.78 is 6.77. The van der Waals surface area contributed by atoms with E-state index in [-0.39, 0.29) is 0 Å². The first-order valence-corrected chi connectivity index (χ1v) is 7.62. The number of rotatable bonds is 9. The summed E-state index contributed by atoms with van der Waals surface area (Å²) in [5.74, 6) is 0. The Morgan fingerprint density at radius 1 is 1.42 bits per heavy atom. The summed E-state index contributed by atoms with van der Waals surface area (Å²) in [4.78, 5) is 0. The van der Waals surface area contributed by atoms with E-state index in [1.54, 1.807) is 0 Å². The first-order chi connectivity index (χ1) is 9.13. The lowest BCUT2D eigenvalue weighted by Gasteiger charge is -2.11. The van der Waals surface area contributed by atoms with E-state index in [1.165, 1.54) is 11.1 Å². The molecule has 0 aliphatic carbocycles. The topological polar surface area (TPSA) is 21.3 Å². The monoisotopic (exact) mass is 325 g/mol. The lowest BCUT2D eigenvalue weighted by atomic mass is 10.1. The molecule has 0 saturated heterocycles. The van der Waals surface area contributed by atoms with Crippen molar-refractivity contribution < 1.29 is 4.74 Å². The number of unbranched alkanes of at least 4 members (excludes halogenated alkanes) is 1. The number of halogens is 1. The maximum atomic E-state index is 5.65. The van der Waals surface area contributed by atoms with Crippen LogP contribution in [0.1, 0.15) is 37.8 Å². The second-order valence-corrected chi connectivity index (χ2v) is 5.80. The fourth-order valence-corrected chi connectivity index (χ4v) is 2.19. The third kappa shape index (κ3) is 6.90. The van der Waals surface area contributed by atoms with Crippen LogP contribution < -0.4 is 5.32 Å². The summed E-state index contributed by atoms with van der Waals surface area (Å²) in [6, 6.07) is 6.96. The van der Waals surface area contributed by atoms with Crippen molar-refractivity contribution >= 4 is 15.9 Å². The van der Waals surface area contributed by atoms with Gasteiger partial charge < -0.3 is 10.1 Å². The number of nitrogens with one attached hydrogen (secondary N) is 1. The van der Waals surface area contributed by atoms with Crippen LogP contribution in [0.4, 0.5) is 0 Å². The summed E-state index contributed by atoms with van der Waals surface area (Å²) in [5.41, 5.74) is 2.49. The van der Waals surface area contributed by atoms with Gasteiger partial charge in [0.2, 0.25) is 0 Å². The van der Waals surface area contributed by atoms with Crippen LogP contribution in [0.3, 0.4) is 0 Å². The molecule has 2 nitrogen and oxygen atoms in total. The van der Waals surface area contributed by atoms with Crippen molar-refractivity contribution in [2.75, 3.05) is 6.61 Å². The van der Waals surface area contributed by atoms with Crippen molar-refractivity contribution in [2.24, 2.45) is 0 Å². The fraction of sp³-hybridized carbons (Fsp3) is 0.500. The smallest absolute Gasteiger partial charge is 0.0727 e. The third-order valence-corrected chi connectivity index (χ3v) is 3.52. The van der Waals surface area contributed by atoms with Crippen LogP contribution in [0.2, 0.25) is 0 Å². The molecule has 19 heavy (non-hydrogen) atoms. The Hall–Kier alpha value is -0.640. The van der Waals surface area contributed by atoms with Gasteiger partial charge in [-0.3, -0.25) is 0 Å². The predicted octanol–water partition coefficient (Wildman–Crippen LogP) is 4.43. The molecule has 1 N–H and O–H groups in total. The Bertz CT molecular complexity index is 390. The molecule has 0 heterocycles. The summed E-state index contributed by atoms with van der Waals surface area (Å²) in [7, 11) is 0. The van der Waals surface area contributed by atoms with Crippen molar-refractivity contribution in [1.82, 2.24) is 5.32 Å². The highest BCUT2D eigenvalue weighted by Gasteiger charge is 2.02. The number of hydrogen-bond acceptors (Lipinski definition) is 2. The van der Waals surface area contributed by atoms with Gasteiger partial charge in [-0.2, -0.15) is 0 Å². The van der Waals surface area contributed by atoms with Gasteiger partial charge in [-0.25, -0.2) is 0 Å². The van der Waals surface area contributed by atoms with E-state index in [9.17, 15) is 0 Å². The summed E-state index contributed by atoms with van der Waals surface area (Å²) in [5, 5.41) is 3.41. The average molecular weight is 326 g/mol. The lowest BCUT2D eigenvalue weighted by Crippen LogP contribution is -2.21. The van der Waals surface area contributed by atoms with Gasteiger partial charge in [0.05, 0.1) is 6.61 Å². The van der Waals surface area contributed by atoms with Crippen LogP contribution in [0.25, 0.3) is 0 Å². The molecule has 0 aliphatic rings. The molecule has 0 fully saturated rings. The Labute approximate surface area is 125 Å². The summed E-state index contributed by atoms with van der Waals surface area (Å²) in [6.45, 7) is 10.4. The minimum atomic E-state index is 0.506. The molecular weight excluding hydrogens is 302 g/mol. The molecule has 0 radical (unpaired) electrons. The Balaban J connectivity index is 2.41. The van der Waals surface area contributed by atoms with Gasteiger partial charge >= 0.3 is 0 Å². The molecule has 0 bridgehead atoms. The van der Waals surface area contributed by atoms with Crippen LogP contribution in [0, 0.1) is 0 Å². The first-order valence-electron chi connectivity index (χ1n) is 6.82. The zero-order valence-corrected chi connectivity index (χ0v) is 13.5. The number of allylic oxidation sites excluding steroid dienone is 1. The molecule has 0 saturated carbocycles. The van der Waals surface area contributed by atoms with Crippen LogP contribution >= 0.6 is 15.9 Å². The van der Waals surface area contributed by atoms with E-state index >= 15 is 0 Å². The van der Waals surface area contributed by atoms with Gasteiger partial charge in [0, 0.05) is 23.7 Å². The van der Waals surface area contributed by atoms with Gasteiger partial charge in [-0.1, -0.05) is 48.0 Å². The molecule has 1 rings (SSSR count). The molecule has 3 heteroatoms. The van der Waals surface area contributed by atoms with E-state index in [2.05, 4.69) is 59.9 Å². The van der Waals surface area contributed by atoms with E-state index in [1.807, 2.05) is 6.08 Å². The van der Waals surface area contributed by atoms with Gasteiger partial charge in [0.1, 0.15) is 0 Å². The minimum absolute atomic E-state index is 0.506. The van der Waals surface area contributed by atoms with Gasteiger partial charge in [-0.05, 0) is 30.0 Å². The van der Waals surface area contributed by atoms with Gasteiger partial charge in [-0.15, -0.1) is 6.58 Å². The number of ether oxygens (including phenoxy) is 1. The second-order valence-electron chi connectivity index (χ2n) is 4.94. The Morgan fingerprint density at radius 2 is 2.21 bits per heavy atom. The Morgan fingerprint density at radius 3 is 2.84 bits per heavy atom. The highest BCUT2D eigenvalue weighted by molar-refractivity contribution is 9.10. The quantitative estimate of drug-likeness (QED) is 0.535. The summed E-state index contributed by atoms with van der Waals surface area (Å²) in [6.07, 6.45) is 3.98. The van der Waals surface area contributed by atoms with Crippen molar-refractivity contribution in [2.45, 2.75) is 45.9 Å². The highest BCUT2D eigenvalue weighted by atomic mass is 79.9. The van der Waals surface area contributed by atoms with Crippen LogP contribution in [-0.2, 0) is 17.9 Å². The number of hydrogen-bond donors (Lipinski definition) is 1. The lowest BCUT2D eigenvalue weighted by molar-refractivity contribution is 0.118. The largest absolute Gasteiger partial charge is 0.377 e. The van der Waals surface area contributed by atoms with E-state index in [0.717, 1.165) is 30.5 Å². The Kier molecular flexibility index (Phi) is 8.03. The minimum Gasteiger partial charge on any atom is -0.377 e. The normalized spacial score (nSPS) is 10.9. The second kappa shape index (κ2) is 9.29. The van der Waals surface area contributed by atoms with Crippen LogP contribution in [0.5, 0.6) is 0 Å². The maximum absolute atomic E-state index is 5.65. The molecule has 0 spiro atoms. The van der Waals surface area contributed by atoms with Gasteiger partial charge in [0.15, 0.2) is 0 Å². The predicted molar refractivity (Wildman–Crippen MR) is 85.2 cm³/mol. The molecule has 0 aromatic heterocycles. The zero-order chi connectivity index (χ0) is 14.1.